The van der Waals surface area contributed by atoms with Crippen molar-refractivity contribution in [1.29, 1.82) is 0 Å². The first-order chi connectivity index (χ1) is 12.2. The SMILES string of the molecule is COc1ccccc1CC(C)CC(=O)N1CCC(NCC2CC2)CC1.Cl. The van der Waals surface area contributed by atoms with Crippen molar-refractivity contribution >= 4 is 18.3 Å². The Kier molecular flexibility index (Phi) is 8.23. The zero-order valence-corrected chi connectivity index (χ0v) is 16.9. The van der Waals surface area contributed by atoms with Gasteiger partial charge < -0.3 is 15.0 Å². The van der Waals surface area contributed by atoms with Crippen molar-refractivity contribution in [3.63, 3.8) is 0 Å². The van der Waals surface area contributed by atoms with Gasteiger partial charge in [-0.25, -0.2) is 0 Å². The number of likely N-dealkylation sites (tertiary alicyclic amines) is 1. The van der Waals surface area contributed by atoms with Crippen LogP contribution in [0.25, 0.3) is 0 Å². The maximum Gasteiger partial charge on any atom is 0.222 e. The molecule has 1 N–H and O–H groups in total. The molecule has 0 radical (unpaired) electrons. The predicted octanol–water partition coefficient (Wildman–Crippen LogP) is 3.68. The zero-order valence-electron chi connectivity index (χ0n) is 16.1. The number of hydrogen-bond acceptors (Lipinski definition) is 3. The number of carbonyl (C=O) groups is 1. The fraction of sp³-hybridized carbons (Fsp3) is 0.667. The Morgan fingerprint density at radius 1 is 1.23 bits per heavy atom. The predicted molar refractivity (Wildman–Crippen MR) is 108 cm³/mol. The first kappa shape index (κ1) is 21.0. The van der Waals surface area contributed by atoms with Gasteiger partial charge in [-0.15, -0.1) is 12.4 Å². The molecule has 4 nitrogen and oxygen atoms in total. The highest BCUT2D eigenvalue weighted by molar-refractivity contribution is 5.85. The number of methoxy groups -OCH3 is 1. The summed E-state index contributed by atoms with van der Waals surface area (Å²) in [6, 6.07) is 8.71. The molecule has 1 heterocycles. The van der Waals surface area contributed by atoms with Gasteiger partial charge in [0.1, 0.15) is 5.75 Å². The van der Waals surface area contributed by atoms with Crippen molar-refractivity contribution in [1.82, 2.24) is 10.2 Å². The number of rotatable bonds is 8. The molecule has 1 aromatic carbocycles. The van der Waals surface area contributed by atoms with Crippen molar-refractivity contribution in [2.75, 3.05) is 26.7 Å². The molecule has 0 spiro atoms. The van der Waals surface area contributed by atoms with E-state index in [1.807, 2.05) is 18.2 Å². The number of ether oxygens (including phenoxy) is 1. The Labute approximate surface area is 164 Å². The van der Waals surface area contributed by atoms with Crippen LogP contribution in [0, 0.1) is 11.8 Å². The highest BCUT2D eigenvalue weighted by Gasteiger charge is 2.26. The molecule has 1 saturated heterocycles. The summed E-state index contributed by atoms with van der Waals surface area (Å²) in [5.74, 6) is 2.48. The lowest BCUT2D eigenvalue weighted by atomic mass is 9.96. The van der Waals surface area contributed by atoms with Crippen molar-refractivity contribution in [3.8, 4) is 5.75 Å². The van der Waals surface area contributed by atoms with Gasteiger partial charge in [0.25, 0.3) is 0 Å². The standard InChI is InChI=1S/C21H32N2O2.ClH/c1-16(13-18-5-3-4-6-20(18)25-2)14-21(24)23-11-9-19(10-12-23)22-15-17-7-8-17;/h3-6,16-17,19,22H,7-15H2,1-2H3;1H. The van der Waals surface area contributed by atoms with Crippen molar-refractivity contribution < 1.29 is 9.53 Å². The molecule has 26 heavy (non-hydrogen) atoms. The minimum atomic E-state index is 0. The van der Waals surface area contributed by atoms with Gasteiger partial charge >= 0.3 is 0 Å². The third-order valence-electron chi connectivity index (χ3n) is 5.52. The Morgan fingerprint density at radius 2 is 1.92 bits per heavy atom. The molecule has 1 unspecified atom stereocenters. The minimum absolute atomic E-state index is 0. The van der Waals surface area contributed by atoms with Gasteiger partial charge in [0, 0.05) is 25.6 Å². The van der Waals surface area contributed by atoms with E-state index in [2.05, 4.69) is 23.2 Å². The van der Waals surface area contributed by atoms with E-state index in [0.717, 1.165) is 44.0 Å². The molecular weight excluding hydrogens is 348 g/mol. The average molecular weight is 381 g/mol. The highest BCUT2D eigenvalue weighted by Crippen LogP contribution is 2.28. The van der Waals surface area contributed by atoms with E-state index in [1.54, 1.807) is 7.11 Å². The van der Waals surface area contributed by atoms with Crippen LogP contribution in [-0.2, 0) is 11.2 Å². The number of halogens is 1. The van der Waals surface area contributed by atoms with E-state index in [-0.39, 0.29) is 12.4 Å². The fourth-order valence-corrected chi connectivity index (χ4v) is 3.73. The van der Waals surface area contributed by atoms with Crippen LogP contribution in [-0.4, -0.2) is 43.6 Å². The Balaban J connectivity index is 0.00000243. The lowest BCUT2D eigenvalue weighted by Gasteiger charge is -2.33. The van der Waals surface area contributed by atoms with E-state index in [4.69, 9.17) is 4.74 Å². The van der Waals surface area contributed by atoms with Crippen molar-refractivity contribution in [3.05, 3.63) is 29.8 Å². The summed E-state index contributed by atoms with van der Waals surface area (Å²) in [6.45, 7) is 5.15. The topological polar surface area (TPSA) is 41.6 Å². The number of hydrogen-bond donors (Lipinski definition) is 1. The smallest absolute Gasteiger partial charge is 0.222 e. The molecule has 146 valence electrons. The highest BCUT2D eigenvalue weighted by atomic mass is 35.5. The lowest BCUT2D eigenvalue weighted by molar-refractivity contribution is -0.133. The van der Waals surface area contributed by atoms with Gasteiger partial charge in [-0.05, 0) is 62.1 Å². The second kappa shape index (κ2) is 10.2. The Morgan fingerprint density at radius 3 is 2.58 bits per heavy atom. The molecule has 0 aromatic heterocycles. The van der Waals surface area contributed by atoms with Gasteiger partial charge in [0.15, 0.2) is 0 Å². The maximum atomic E-state index is 12.6. The van der Waals surface area contributed by atoms with Crippen LogP contribution in [0.4, 0.5) is 0 Å². The van der Waals surface area contributed by atoms with E-state index in [1.165, 1.54) is 24.9 Å². The Bertz CT molecular complexity index is 569. The molecule has 2 fully saturated rings. The van der Waals surface area contributed by atoms with Crippen LogP contribution in [0.15, 0.2) is 24.3 Å². The van der Waals surface area contributed by atoms with E-state index < -0.39 is 0 Å². The summed E-state index contributed by atoms with van der Waals surface area (Å²) < 4.78 is 5.42. The van der Waals surface area contributed by atoms with Crippen molar-refractivity contribution in [2.45, 2.75) is 51.5 Å². The summed E-state index contributed by atoms with van der Waals surface area (Å²) >= 11 is 0. The minimum Gasteiger partial charge on any atom is -0.496 e. The first-order valence-corrected chi connectivity index (χ1v) is 9.78. The van der Waals surface area contributed by atoms with Gasteiger partial charge in [0.05, 0.1) is 7.11 Å². The van der Waals surface area contributed by atoms with Crippen LogP contribution in [0.3, 0.4) is 0 Å². The monoisotopic (exact) mass is 380 g/mol. The van der Waals surface area contributed by atoms with E-state index >= 15 is 0 Å². The Hall–Kier alpha value is -1.26. The molecule has 5 heteroatoms. The molecule has 1 aliphatic carbocycles. The summed E-state index contributed by atoms with van der Waals surface area (Å²) in [4.78, 5) is 14.7. The molecule has 3 rings (SSSR count). The number of carbonyl (C=O) groups excluding carboxylic acids is 1. The normalized spacial score (nSPS) is 18.9. The van der Waals surface area contributed by atoms with Crippen LogP contribution in [0.1, 0.15) is 44.6 Å². The summed E-state index contributed by atoms with van der Waals surface area (Å²) in [5.41, 5.74) is 1.19. The molecule has 1 aromatic rings. The molecule has 1 aliphatic heterocycles. The summed E-state index contributed by atoms with van der Waals surface area (Å²) in [7, 11) is 1.70. The molecule has 1 saturated carbocycles. The van der Waals surface area contributed by atoms with Gasteiger partial charge in [-0.1, -0.05) is 25.1 Å². The largest absolute Gasteiger partial charge is 0.496 e. The number of piperidine rings is 1. The number of amides is 1. The van der Waals surface area contributed by atoms with E-state index in [0.29, 0.717) is 24.3 Å². The summed E-state index contributed by atoms with van der Waals surface area (Å²) in [6.07, 6.45) is 6.49. The van der Waals surface area contributed by atoms with E-state index in [9.17, 15) is 4.79 Å². The maximum absolute atomic E-state index is 12.6. The fourth-order valence-electron chi connectivity index (χ4n) is 3.73. The first-order valence-electron chi connectivity index (χ1n) is 9.78. The second-order valence-electron chi connectivity index (χ2n) is 7.83. The number of benzene rings is 1. The molecule has 1 atom stereocenters. The zero-order chi connectivity index (χ0) is 17.6. The third kappa shape index (κ3) is 6.17. The molecule has 2 aliphatic rings. The van der Waals surface area contributed by atoms with Gasteiger partial charge in [-0.2, -0.15) is 0 Å². The van der Waals surface area contributed by atoms with Crippen molar-refractivity contribution in [2.24, 2.45) is 11.8 Å². The quantitative estimate of drug-likeness (QED) is 0.748. The summed E-state index contributed by atoms with van der Waals surface area (Å²) in [5, 5.41) is 3.68. The number of nitrogens with one attached hydrogen (secondary N) is 1. The molecule has 0 bridgehead atoms. The average Bonchev–Trinajstić information content (AvgIpc) is 3.45. The second-order valence-corrected chi connectivity index (χ2v) is 7.83. The third-order valence-corrected chi connectivity index (χ3v) is 5.52. The van der Waals surface area contributed by atoms with Crippen LogP contribution < -0.4 is 10.1 Å². The van der Waals surface area contributed by atoms with Gasteiger partial charge in [0.2, 0.25) is 5.91 Å². The van der Waals surface area contributed by atoms with Crippen LogP contribution in [0.5, 0.6) is 5.75 Å². The molecule has 1 amide bonds. The van der Waals surface area contributed by atoms with Gasteiger partial charge in [-0.3, -0.25) is 4.79 Å². The van der Waals surface area contributed by atoms with Crippen LogP contribution >= 0.6 is 12.4 Å². The molecular formula is C21H33ClN2O2. The van der Waals surface area contributed by atoms with Crippen LogP contribution in [0.2, 0.25) is 0 Å². The lowest BCUT2D eigenvalue weighted by Crippen LogP contribution is -2.45. The number of para-hydroxylation sites is 1. The number of nitrogens with zero attached hydrogens (tertiary/aromatic N) is 1.